The van der Waals surface area contributed by atoms with Gasteiger partial charge >= 0.3 is 0 Å². The molecule has 0 spiro atoms. The first kappa shape index (κ1) is 15.0. The van der Waals surface area contributed by atoms with Gasteiger partial charge in [0.1, 0.15) is 0 Å². The molecular formula is C16H23NO3. The molecule has 0 radical (unpaired) electrons. The van der Waals surface area contributed by atoms with Crippen LogP contribution in [0.2, 0.25) is 0 Å². The number of aryl methyl sites for hydroxylation is 1. The number of ether oxygens (including phenoxy) is 1. The zero-order valence-corrected chi connectivity index (χ0v) is 12.2. The van der Waals surface area contributed by atoms with E-state index in [0.29, 0.717) is 26.1 Å². The summed E-state index contributed by atoms with van der Waals surface area (Å²) in [5.41, 5.74) is 2.07. The van der Waals surface area contributed by atoms with Gasteiger partial charge in [-0.1, -0.05) is 29.8 Å². The molecule has 1 aliphatic rings. The highest BCUT2D eigenvalue weighted by atomic mass is 16.5. The lowest BCUT2D eigenvalue weighted by Gasteiger charge is -2.20. The summed E-state index contributed by atoms with van der Waals surface area (Å²) in [5.74, 6) is 0.130. The average Bonchev–Trinajstić information content (AvgIpc) is 2.81. The molecule has 2 unspecified atom stereocenters. The summed E-state index contributed by atoms with van der Waals surface area (Å²) in [6.07, 6.45) is 0.712. The largest absolute Gasteiger partial charge is 0.388 e. The fourth-order valence-electron chi connectivity index (χ4n) is 2.67. The summed E-state index contributed by atoms with van der Waals surface area (Å²) in [6.45, 7) is 4.03. The van der Waals surface area contributed by atoms with Gasteiger partial charge < -0.3 is 14.7 Å². The number of nitrogens with zero attached hydrogens (tertiary/aromatic N) is 1. The van der Waals surface area contributed by atoms with Gasteiger partial charge in [0, 0.05) is 39.1 Å². The van der Waals surface area contributed by atoms with E-state index < -0.39 is 6.10 Å². The molecular weight excluding hydrogens is 254 g/mol. The molecule has 1 saturated heterocycles. The molecule has 1 heterocycles. The molecule has 2 rings (SSSR count). The predicted molar refractivity (Wildman–Crippen MR) is 77.3 cm³/mol. The first-order chi connectivity index (χ1) is 9.61. The number of amides is 1. The Labute approximate surface area is 120 Å². The van der Waals surface area contributed by atoms with Crippen LogP contribution in [0.5, 0.6) is 0 Å². The van der Waals surface area contributed by atoms with Crippen LogP contribution in [0, 0.1) is 12.8 Å². The highest BCUT2D eigenvalue weighted by Gasteiger charge is 2.34. The number of hydrogen-bond donors (Lipinski definition) is 1. The third kappa shape index (κ3) is 3.58. The molecule has 2 atom stereocenters. The molecule has 4 nitrogen and oxygen atoms in total. The Morgan fingerprint density at radius 2 is 2.10 bits per heavy atom. The normalized spacial score (nSPS) is 20.4. The first-order valence-electron chi connectivity index (χ1n) is 7.13. The van der Waals surface area contributed by atoms with E-state index in [0.717, 1.165) is 12.0 Å². The van der Waals surface area contributed by atoms with Gasteiger partial charge in [0.25, 0.3) is 0 Å². The zero-order chi connectivity index (χ0) is 14.5. The zero-order valence-electron chi connectivity index (χ0n) is 12.2. The van der Waals surface area contributed by atoms with Crippen molar-refractivity contribution < 1.29 is 14.6 Å². The SMILES string of the molecule is COCCCN1CC(C(O)c2ccc(C)cc2)CC1=O. The maximum Gasteiger partial charge on any atom is 0.223 e. The molecule has 1 aromatic carbocycles. The highest BCUT2D eigenvalue weighted by molar-refractivity contribution is 5.78. The molecule has 1 N–H and O–H groups in total. The van der Waals surface area contributed by atoms with E-state index in [4.69, 9.17) is 4.74 Å². The maximum absolute atomic E-state index is 11.9. The summed E-state index contributed by atoms with van der Waals surface area (Å²) >= 11 is 0. The van der Waals surface area contributed by atoms with E-state index in [2.05, 4.69) is 0 Å². The first-order valence-corrected chi connectivity index (χ1v) is 7.13. The number of aliphatic hydroxyl groups excluding tert-OH is 1. The lowest BCUT2D eigenvalue weighted by molar-refractivity contribution is -0.127. The van der Waals surface area contributed by atoms with Gasteiger partial charge in [0.2, 0.25) is 5.91 Å². The minimum absolute atomic E-state index is 0.00671. The number of benzene rings is 1. The molecule has 1 amide bonds. The van der Waals surface area contributed by atoms with E-state index in [1.165, 1.54) is 5.56 Å². The van der Waals surface area contributed by atoms with Crippen LogP contribution in [0.25, 0.3) is 0 Å². The second kappa shape index (κ2) is 6.86. The predicted octanol–water partition coefficient (Wildman–Crippen LogP) is 1.91. The van der Waals surface area contributed by atoms with Gasteiger partial charge in [0.15, 0.2) is 0 Å². The summed E-state index contributed by atoms with van der Waals surface area (Å²) in [5, 5.41) is 10.4. The van der Waals surface area contributed by atoms with E-state index in [1.807, 2.05) is 36.1 Å². The molecule has 0 aromatic heterocycles. The summed E-state index contributed by atoms with van der Waals surface area (Å²) in [4.78, 5) is 13.8. The van der Waals surface area contributed by atoms with Crippen molar-refractivity contribution in [3.8, 4) is 0 Å². The standard InChI is InChI=1S/C16H23NO3/c1-12-4-6-13(7-5-12)16(19)14-10-15(18)17(11-14)8-3-9-20-2/h4-7,14,16,19H,3,8-11H2,1-2H3. The summed E-state index contributed by atoms with van der Waals surface area (Å²) in [7, 11) is 1.66. The molecule has 0 saturated carbocycles. The Morgan fingerprint density at radius 3 is 2.75 bits per heavy atom. The second-order valence-electron chi connectivity index (χ2n) is 5.51. The Balaban J connectivity index is 1.93. The molecule has 110 valence electrons. The van der Waals surface area contributed by atoms with Gasteiger partial charge in [-0.2, -0.15) is 0 Å². The van der Waals surface area contributed by atoms with Crippen LogP contribution >= 0.6 is 0 Å². The number of methoxy groups -OCH3 is 1. The monoisotopic (exact) mass is 277 g/mol. The molecule has 1 aromatic rings. The Hall–Kier alpha value is -1.39. The molecule has 0 aliphatic carbocycles. The summed E-state index contributed by atoms with van der Waals surface area (Å²) in [6, 6.07) is 7.87. The van der Waals surface area contributed by atoms with Gasteiger partial charge in [-0.05, 0) is 18.9 Å². The number of rotatable bonds is 6. The van der Waals surface area contributed by atoms with Crippen LogP contribution in [0.4, 0.5) is 0 Å². The van der Waals surface area contributed by atoms with Crippen molar-refractivity contribution >= 4 is 5.91 Å². The van der Waals surface area contributed by atoms with E-state index in [1.54, 1.807) is 7.11 Å². The van der Waals surface area contributed by atoms with Crippen molar-refractivity contribution in [1.29, 1.82) is 0 Å². The van der Waals surface area contributed by atoms with E-state index in [9.17, 15) is 9.90 Å². The Kier molecular flexibility index (Phi) is 5.15. The second-order valence-corrected chi connectivity index (χ2v) is 5.51. The number of carbonyl (C=O) groups excluding carboxylic acids is 1. The van der Waals surface area contributed by atoms with Gasteiger partial charge in [-0.3, -0.25) is 4.79 Å². The Morgan fingerprint density at radius 1 is 1.40 bits per heavy atom. The topological polar surface area (TPSA) is 49.8 Å². The molecule has 0 bridgehead atoms. The minimum atomic E-state index is -0.563. The van der Waals surface area contributed by atoms with Crippen molar-refractivity contribution in [3.63, 3.8) is 0 Å². The third-order valence-corrected chi connectivity index (χ3v) is 3.89. The fraction of sp³-hybridized carbons (Fsp3) is 0.562. The average molecular weight is 277 g/mol. The number of carbonyl (C=O) groups is 1. The van der Waals surface area contributed by atoms with Gasteiger partial charge in [-0.25, -0.2) is 0 Å². The number of likely N-dealkylation sites (tertiary alicyclic amines) is 1. The van der Waals surface area contributed by atoms with Crippen LogP contribution in [-0.4, -0.2) is 42.7 Å². The smallest absolute Gasteiger partial charge is 0.223 e. The Bertz CT molecular complexity index is 444. The lowest BCUT2D eigenvalue weighted by Crippen LogP contribution is -2.27. The van der Waals surface area contributed by atoms with Crippen molar-refractivity contribution in [2.45, 2.75) is 25.9 Å². The lowest BCUT2D eigenvalue weighted by atomic mass is 9.94. The van der Waals surface area contributed by atoms with E-state index >= 15 is 0 Å². The summed E-state index contributed by atoms with van der Waals surface area (Å²) < 4.78 is 5.00. The molecule has 1 aliphatic heterocycles. The van der Waals surface area contributed by atoms with Crippen molar-refractivity contribution in [3.05, 3.63) is 35.4 Å². The van der Waals surface area contributed by atoms with Crippen LogP contribution in [-0.2, 0) is 9.53 Å². The van der Waals surface area contributed by atoms with Crippen LogP contribution in [0.3, 0.4) is 0 Å². The minimum Gasteiger partial charge on any atom is -0.388 e. The highest BCUT2D eigenvalue weighted by Crippen LogP contribution is 2.30. The maximum atomic E-state index is 11.9. The van der Waals surface area contributed by atoms with Crippen LogP contribution < -0.4 is 0 Å². The van der Waals surface area contributed by atoms with Crippen LogP contribution in [0.15, 0.2) is 24.3 Å². The quantitative estimate of drug-likeness (QED) is 0.808. The van der Waals surface area contributed by atoms with Gasteiger partial charge in [-0.15, -0.1) is 0 Å². The van der Waals surface area contributed by atoms with Crippen LogP contribution in [0.1, 0.15) is 30.1 Å². The number of aliphatic hydroxyl groups is 1. The molecule has 20 heavy (non-hydrogen) atoms. The third-order valence-electron chi connectivity index (χ3n) is 3.89. The molecule has 1 fully saturated rings. The number of hydrogen-bond acceptors (Lipinski definition) is 3. The van der Waals surface area contributed by atoms with Crippen molar-refractivity contribution in [2.75, 3.05) is 26.8 Å². The van der Waals surface area contributed by atoms with E-state index in [-0.39, 0.29) is 11.8 Å². The fourth-order valence-corrected chi connectivity index (χ4v) is 2.67. The van der Waals surface area contributed by atoms with Gasteiger partial charge in [0.05, 0.1) is 6.10 Å². The van der Waals surface area contributed by atoms with Crippen molar-refractivity contribution in [1.82, 2.24) is 4.90 Å². The molecule has 4 heteroatoms. The van der Waals surface area contributed by atoms with Crippen molar-refractivity contribution in [2.24, 2.45) is 5.92 Å².